The van der Waals surface area contributed by atoms with E-state index in [2.05, 4.69) is 43.4 Å². The smallest absolute Gasteiger partial charge is 0.236 e. The second kappa shape index (κ2) is 7.44. The first-order valence-electron chi connectivity index (χ1n) is 7.78. The monoisotopic (exact) mass is 274 g/mol. The molecule has 1 N–H and O–H groups in total. The van der Waals surface area contributed by atoms with Crippen molar-refractivity contribution in [2.24, 2.45) is 0 Å². The van der Waals surface area contributed by atoms with Crippen LogP contribution in [0.1, 0.15) is 49.8 Å². The summed E-state index contributed by atoms with van der Waals surface area (Å²) in [5.41, 5.74) is 2.54. The van der Waals surface area contributed by atoms with Gasteiger partial charge in [-0.25, -0.2) is 0 Å². The summed E-state index contributed by atoms with van der Waals surface area (Å²) in [6, 6.07) is 8.84. The van der Waals surface area contributed by atoms with Gasteiger partial charge in [0, 0.05) is 19.1 Å². The number of amides is 1. The maximum atomic E-state index is 12.2. The van der Waals surface area contributed by atoms with Crippen LogP contribution in [0.4, 0.5) is 0 Å². The summed E-state index contributed by atoms with van der Waals surface area (Å²) in [7, 11) is 0. The van der Waals surface area contributed by atoms with Gasteiger partial charge in [-0.15, -0.1) is 0 Å². The summed E-state index contributed by atoms with van der Waals surface area (Å²) in [5.74, 6) is 0.246. The van der Waals surface area contributed by atoms with Crippen molar-refractivity contribution in [3.63, 3.8) is 0 Å². The molecule has 1 aliphatic rings. The van der Waals surface area contributed by atoms with Crippen LogP contribution in [0.3, 0.4) is 0 Å². The van der Waals surface area contributed by atoms with Crippen LogP contribution >= 0.6 is 0 Å². The number of hydrogen-bond acceptors (Lipinski definition) is 2. The van der Waals surface area contributed by atoms with E-state index in [0.717, 1.165) is 32.4 Å². The van der Waals surface area contributed by atoms with Crippen molar-refractivity contribution in [3.8, 4) is 0 Å². The van der Waals surface area contributed by atoms with Crippen LogP contribution in [0.15, 0.2) is 24.3 Å². The number of likely N-dealkylation sites (tertiary alicyclic amines) is 1. The van der Waals surface area contributed by atoms with E-state index in [1.807, 2.05) is 4.90 Å². The van der Waals surface area contributed by atoms with Gasteiger partial charge in [-0.05, 0) is 38.2 Å². The third-order valence-corrected chi connectivity index (χ3v) is 4.10. The number of piperidine rings is 1. The number of hydrogen-bond donors (Lipinski definition) is 1. The minimum Gasteiger partial charge on any atom is -0.342 e. The third kappa shape index (κ3) is 4.07. The molecule has 1 aliphatic heterocycles. The van der Waals surface area contributed by atoms with Crippen LogP contribution in [-0.4, -0.2) is 30.4 Å². The lowest BCUT2D eigenvalue weighted by Gasteiger charge is -2.28. The Bertz CT molecular complexity index is 421. The van der Waals surface area contributed by atoms with Crippen LogP contribution in [-0.2, 0) is 4.79 Å². The highest BCUT2D eigenvalue weighted by Gasteiger charge is 2.17. The number of nitrogens with one attached hydrogen (secondary N) is 1. The zero-order valence-corrected chi connectivity index (χ0v) is 12.7. The Hall–Kier alpha value is -1.35. The lowest BCUT2D eigenvalue weighted by Crippen LogP contribution is -2.41. The normalized spacial score (nSPS) is 17.0. The third-order valence-electron chi connectivity index (χ3n) is 4.10. The second-order valence-electron chi connectivity index (χ2n) is 5.69. The molecule has 1 heterocycles. The summed E-state index contributed by atoms with van der Waals surface area (Å²) in [6.07, 6.45) is 4.57. The first kappa shape index (κ1) is 15.0. The predicted octanol–water partition coefficient (Wildman–Crippen LogP) is 3.05. The van der Waals surface area contributed by atoms with Gasteiger partial charge in [0.1, 0.15) is 0 Å². The average molecular weight is 274 g/mol. The predicted molar refractivity (Wildman–Crippen MR) is 82.6 cm³/mol. The summed E-state index contributed by atoms with van der Waals surface area (Å²) < 4.78 is 0. The average Bonchev–Trinajstić information content (AvgIpc) is 2.50. The van der Waals surface area contributed by atoms with E-state index in [9.17, 15) is 4.79 Å². The lowest BCUT2D eigenvalue weighted by molar-refractivity contribution is -0.131. The lowest BCUT2D eigenvalue weighted by atomic mass is 10.0. The van der Waals surface area contributed by atoms with Crippen molar-refractivity contribution in [2.45, 2.75) is 45.6 Å². The Labute approximate surface area is 122 Å². The Morgan fingerprint density at radius 1 is 1.20 bits per heavy atom. The summed E-state index contributed by atoms with van der Waals surface area (Å²) >= 11 is 0. The number of carbonyl (C=O) groups excluding carboxylic acids is 1. The van der Waals surface area contributed by atoms with Crippen molar-refractivity contribution in [2.75, 3.05) is 19.6 Å². The fourth-order valence-corrected chi connectivity index (χ4v) is 2.76. The minimum absolute atomic E-state index is 0.246. The highest BCUT2D eigenvalue weighted by Crippen LogP contribution is 2.17. The van der Waals surface area contributed by atoms with Gasteiger partial charge in [0.2, 0.25) is 5.91 Å². The molecular formula is C17H26N2O. The number of rotatable bonds is 5. The minimum atomic E-state index is 0.246. The van der Waals surface area contributed by atoms with Crippen molar-refractivity contribution in [1.82, 2.24) is 10.2 Å². The van der Waals surface area contributed by atoms with E-state index in [1.54, 1.807) is 0 Å². The van der Waals surface area contributed by atoms with Crippen molar-refractivity contribution in [1.29, 1.82) is 0 Å². The van der Waals surface area contributed by atoms with Crippen LogP contribution in [0.2, 0.25) is 0 Å². The van der Waals surface area contributed by atoms with E-state index >= 15 is 0 Å². The molecule has 0 spiro atoms. The molecule has 1 aromatic rings. The molecule has 20 heavy (non-hydrogen) atoms. The van der Waals surface area contributed by atoms with Crippen LogP contribution in [0, 0.1) is 6.92 Å². The first-order chi connectivity index (χ1) is 9.70. The van der Waals surface area contributed by atoms with E-state index in [4.69, 9.17) is 0 Å². The molecule has 3 heteroatoms. The molecular weight excluding hydrogens is 248 g/mol. The van der Waals surface area contributed by atoms with Crippen LogP contribution < -0.4 is 5.32 Å². The molecule has 1 unspecified atom stereocenters. The van der Waals surface area contributed by atoms with Gasteiger partial charge in [0.05, 0.1) is 6.54 Å². The van der Waals surface area contributed by atoms with Gasteiger partial charge in [-0.1, -0.05) is 36.8 Å². The highest BCUT2D eigenvalue weighted by atomic mass is 16.2. The topological polar surface area (TPSA) is 32.3 Å². The molecule has 0 aromatic heterocycles. The number of benzene rings is 1. The Balaban J connectivity index is 1.86. The van der Waals surface area contributed by atoms with Crippen molar-refractivity contribution in [3.05, 3.63) is 35.4 Å². The molecule has 0 bridgehead atoms. The van der Waals surface area contributed by atoms with Crippen LogP contribution in [0.5, 0.6) is 0 Å². The number of aryl methyl sites for hydroxylation is 1. The van der Waals surface area contributed by atoms with Gasteiger partial charge in [-0.2, -0.15) is 0 Å². The van der Waals surface area contributed by atoms with Gasteiger partial charge < -0.3 is 10.2 Å². The fraction of sp³-hybridized carbons (Fsp3) is 0.588. The van der Waals surface area contributed by atoms with E-state index in [0.29, 0.717) is 6.54 Å². The molecule has 1 fully saturated rings. The zero-order valence-electron chi connectivity index (χ0n) is 12.7. The first-order valence-corrected chi connectivity index (χ1v) is 7.78. The van der Waals surface area contributed by atoms with E-state index in [1.165, 1.54) is 17.5 Å². The maximum absolute atomic E-state index is 12.2. The number of nitrogens with zero attached hydrogens (tertiary/aromatic N) is 1. The molecule has 2 rings (SSSR count). The quantitative estimate of drug-likeness (QED) is 0.895. The fourth-order valence-electron chi connectivity index (χ4n) is 2.76. The van der Waals surface area contributed by atoms with Gasteiger partial charge in [0.25, 0.3) is 0 Å². The van der Waals surface area contributed by atoms with E-state index in [-0.39, 0.29) is 11.9 Å². The molecule has 1 aromatic carbocycles. The zero-order chi connectivity index (χ0) is 14.4. The highest BCUT2D eigenvalue weighted by molar-refractivity contribution is 5.78. The SMILES string of the molecule is CCC(NCC(=O)N1CCCCC1)c1ccc(C)cc1. The van der Waals surface area contributed by atoms with Gasteiger partial charge in [-0.3, -0.25) is 4.79 Å². The standard InChI is InChI=1S/C17H26N2O/c1-3-16(15-9-7-14(2)8-10-15)18-13-17(20)19-11-5-4-6-12-19/h7-10,16,18H,3-6,11-13H2,1-2H3. The van der Waals surface area contributed by atoms with Crippen molar-refractivity contribution >= 4 is 5.91 Å². The second-order valence-corrected chi connectivity index (χ2v) is 5.69. The molecule has 0 radical (unpaired) electrons. The number of carbonyl (C=O) groups is 1. The Morgan fingerprint density at radius 3 is 2.45 bits per heavy atom. The molecule has 0 saturated carbocycles. The molecule has 1 saturated heterocycles. The molecule has 0 aliphatic carbocycles. The summed E-state index contributed by atoms with van der Waals surface area (Å²) in [4.78, 5) is 14.2. The maximum Gasteiger partial charge on any atom is 0.236 e. The Morgan fingerprint density at radius 2 is 1.85 bits per heavy atom. The van der Waals surface area contributed by atoms with Gasteiger partial charge >= 0.3 is 0 Å². The summed E-state index contributed by atoms with van der Waals surface area (Å²) in [5, 5.41) is 3.41. The van der Waals surface area contributed by atoms with Gasteiger partial charge in [0.15, 0.2) is 0 Å². The Kier molecular flexibility index (Phi) is 5.60. The molecule has 3 nitrogen and oxygen atoms in total. The summed E-state index contributed by atoms with van der Waals surface area (Å²) in [6.45, 7) is 6.57. The van der Waals surface area contributed by atoms with E-state index < -0.39 is 0 Å². The molecule has 1 amide bonds. The molecule has 110 valence electrons. The van der Waals surface area contributed by atoms with Crippen molar-refractivity contribution < 1.29 is 4.79 Å². The largest absolute Gasteiger partial charge is 0.342 e. The molecule has 1 atom stereocenters. The van der Waals surface area contributed by atoms with Crippen LogP contribution in [0.25, 0.3) is 0 Å².